The molecule has 1 aliphatic heterocycles. The quantitative estimate of drug-likeness (QED) is 0.864. The van der Waals surface area contributed by atoms with E-state index >= 15 is 0 Å². The Morgan fingerprint density at radius 2 is 2.28 bits per heavy atom. The zero-order valence-corrected chi connectivity index (χ0v) is 11.7. The van der Waals surface area contributed by atoms with Gasteiger partial charge in [-0.15, -0.1) is 0 Å². The Hall–Kier alpha value is -1.06. The molecule has 0 aromatic heterocycles. The highest BCUT2D eigenvalue weighted by Gasteiger charge is 2.13. The Morgan fingerprint density at radius 3 is 3.06 bits per heavy atom. The van der Waals surface area contributed by atoms with Crippen LogP contribution < -0.4 is 10.2 Å². The second-order valence-electron chi connectivity index (χ2n) is 5.23. The predicted molar refractivity (Wildman–Crippen MR) is 76.2 cm³/mol. The Labute approximate surface area is 110 Å². The minimum absolute atomic E-state index is 0.397. The van der Waals surface area contributed by atoms with E-state index in [1.165, 1.54) is 36.2 Å². The van der Waals surface area contributed by atoms with Crippen molar-refractivity contribution in [3.8, 4) is 0 Å². The topological polar surface area (TPSA) is 24.5 Å². The van der Waals surface area contributed by atoms with Crippen LogP contribution in [-0.4, -0.2) is 33.4 Å². The van der Waals surface area contributed by atoms with Crippen LogP contribution in [0.1, 0.15) is 24.5 Å². The maximum absolute atomic E-state index is 5.13. The van der Waals surface area contributed by atoms with Crippen LogP contribution in [0.3, 0.4) is 0 Å². The largest absolute Gasteiger partial charge is 0.383 e. The zero-order chi connectivity index (χ0) is 13.0. The smallest absolute Gasteiger partial charge is 0.0613 e. The van der Waals surface area contributed by atoms with Crippen molar-refractivity contribution >= 4 is 5.69 Å². The monoisotopic (exact) mass is 248 g/mol. The van der Waals surface area contributed by atoms with Gasteiger partial charge in [0.05, 0.1) is 6.61 Å². The van der Waals surface area contributed by atoms with Crippen molar-refractivity contribution in [2.24, 2.45) is 0 Å². The van der Waals surface area contributed by atoms with Crippen LogP contribution in [0.25, 0.3) is 0 Å². The Kier molecular flexibility index (Phi) is 4.61. The van der Waals surface area contributed by atoms with Crippen molar-refractivity contribution in [2.75, 3.05) is 32.2 Å². The van der Waals surface area contributed by atoms with E-state index < -0.39 is 0 Å². The van der Waals surface area contributed by atoms with Gasteiger partial charge in [-0.2, -0.15) is 0 Å². The lowest BCUT2D eigenvalue weighted by Gasteiger charge is -2.28. The minimum atomic E-state index is 0.397. The third kappa shape index (κ3) is 3.24. The summed E-state index contributed by atoms with van der Waals surface area (Å²) in [7, 11) is 3.92. The number of hydrogen-bond donors (Lipinski definition) is 1. The normalized spacial score (nSPS) is 16.5. The molecule has 1 aromatic rings. The van der Waals surface area contributed by atoms with Crippen molar-refractivity contribution in [1.29, 1.82) is 0 Å². The van der Waals surface area contributed by atoms with E-state index in [-0.39, 0.29) is 0 Å². The van der Waals surface area contributed by atoms with Gasteiger partial charge < -0.3 is 15.0 Å². The van der Waals surface area contributed by atoms with Crippen molar-refractivity contribution in [3.05, 3.63) is 29.3 Å². The molecule has 1 unspecified atom stereocenters. The summed E-state index contributed by atoms with van der Waals surface area (Å²) in [6.45, 7) is 5.00. The molecule has 3 heteroatoms. The number of aryl methyl sites for hydroxylation is 1. The number of ether oxygens (including phenoxy) is 1. The third-order valence-corrected chi connectivity index (χ3v) is 3.57. The number of nitrogens with zero attached hydrogens (tertiary/aromatic N) is 1. The summed E-state index contributed by atoms with van der Waals surface area (Å²) >= 11 is 0. The van der Waals surface area contributed by atoms with E-state index in [1.807, 2.05) is 0 Å². The average Bonchev–Trinajstić information content (AvgIpc) is 2.37. The van der Waals surface area contributed by atoms with Gasteiger partial charge in [-0.25, -0.2) is 0 Å². The van der Waals surface area contributed by atoms with E-state index in [4.69, 9.17) is 4.74 Å². The predicted octanol–water partition coefficient (Wildman–Crippen LogP) is 2.19. The summed E-state index contributed by atoms with van der Waals surface area (Å²) in [6.07, 6.45) is 2.47. The molecule has 0 amide bonds. The van der Waals surface area contributed by atoms with Crippen LogP contribution in [0, 0.1) is 0 Å². The second kappa shape index (κ2) is 6.21. The first-order valence-electron chi connectivity index (χ1n) is 6.76. The SMILES string of the molecule is COCC(C)NCc1ccc2c(c1)CCCN2C. The van der Waals surface area contributed by atoms with Crippen LogP contribution in [0.5, 0.6) is 0 Å². The first-order chi connectivity index (χ1) is 8.70. The third-order valence-electron chi connectivity index (χ3n) is 3.57. The summed E-state index contributed by atoms with van der Waals surface area (Å²) in [5.74, 6) is 0. The van der Waals surface area contributed by atoms with Gasteiger partial charge in [-0.1, -0.05) is 12.1 Å². The molecule has 0 fully saturated rings. The molecule has 2 rings (SSSR count). The van der Waals surface area contributed by atoms with Gasteiger partial charge in [0, 0.05) is 39.0 Å². The summed E-state index contributed by atoms with van der Waals surface area (Å²) < 4.78 is 5.13. The fourth-order valence-corrected chi connectivity index (χ4v) is 2.55. The molecule has 0 radical (unpaired) electrons. The van der Waals surface area contributed by atoms with Crippen LogP contribution in [0.2, 0.25) is 0 Å². The Bertz CT molecular complexity index is 392. The molecule has 18 heavy (non-hydrogen) atoms. The number of anilines is 1. The van der Waals surface area contributed by atoms with Crippen LogP contribution in [0.4, 0.5) is 5.69 Å². The van der Waals surface area contributed by atoms with E-state index in [9.17, 15) is 0 Å². The lowest BCUT2D eigenvalue weighted by atomic mass is 9.99. The number of nitrogens with one attached hydrogen (secondary N) is 1. The zero-order valence-electron chi connectivity index (χ0n) is 11.7. The first-order valence-corrected chi connectivity index (χ1v) is 6.76. The van der Waals surface area contributed by atoms with E-state index in [0.717, 1.165) is 13.2 Å². The molecule has 1 N–H and O–H groups in total. The molecule has 0 bridgehead atoms. The van der Waals surface area contributed by atoms with Crippen molar-refractivity contribution in [1.82, 2.24) is 5.32 Å². The fraction of sp³-hybridized carbons (Fsp3) is 0.600. The van der Waals surface area contributed by atoms with E-state index in [1.54, 1.807) is 7.11 Å². The van der Waals surface area contributed by atoms with Gasteiger partial charge in [0.25, 0.3) is 0 Å². The Balaban J connectivity index is 1.98. The van der Waals surface area contributed by atoms with Gasteiger partial charge in [-0.3, -0.25) is 0 Å². The molecule has 1 aromatic carbocycles. The summed E-state index contributed by atoms with van der Waals surface area (Å²) in [4.78, 5) is 2.35. The number of benzene rings is 1. The highest BCUT2D eigenvalue weighted by Crippen LogP contribution is 2.26. The average molecular weight is 248 g/mol. The number of hydrogen-bond acceptors (Lipinski definition) is 3. The van der Waals surface area contributed by atoms with Crippen molar-refractivity contribution in [3.63, 3.8) is 0 Å². The lowest BCUT2D eigenvalue weighted by Crippen LogP contribution is -2.30. The number of methoxy groups -OCH3 is 1. The molecule has 3 nitrogen and oxygen atoms in total. The van der Waals surface area contributed by atoms with Crippen molar-refractivity contribution < 1.29 is 4.74 Å². The molecular formula is C15H24N2O. The molecule has 0 aliphatic carbocycles. The number of rotatable bonds is 5. The molecule has 0 saturated carbocycles. The van der Waals surface area contributed by atoms with E-state index in [0.29, 0.717) is 6.04 Å². The van der Waals surface area contributed by atoms with E-state index in [2.05, 4.69) is 42.4 Å². The van der Waals surface area contributed by atoms with Crippen LogP contribution in [-0.2, 0) is 17.7 Å². The molecule has 0 saturated heterocycles. The molecule has 100 valence electrons. The highest BCUT2D eigenvalue weighted by atomic mass is 16.5. The van der Waals surface area contributed by atoms with Crippen LogP contribution >= 0.6 is 0 Å². The molecule has 0 spiro atoms. The van der Waals surface area contributed by atoms with Gasteiger partial charge in [0.2, 0.25) is 0 Å². The van der Waals surface area contributed by atoms with Gasteiger partial charge in [-0.05, 0) is 37.0 Å². The summed E-state index contributed by atoms with van der Waals surface area (Å²) in [6, 6.07) is 7.23. The highest BCUT2D eigenvalue weighted by molar-refractivity contribution is 5.56. The Morgan fingerprint density at radius 1 is 1.44 bits per heavy atom. The maximum Gasteiger partial charge on any atom is 0.0613 e. The summed E-state index contributed by atoms with van der Waals surface area (Å²) in [5.41, 5.74) is 4.25. The second-order valence-corrected chi connectivity index (χ2v) is 5.23. The summed E-state index contributed by atoms with van der Waals surface area (Å²) in [5, 5.41) is 3.48. The molecular weight excluding hydrogens is 224 g/mol. The molecule has 1 atom stereocenters. The van der Waals surface area contributed by atoms with Crippen molar-refractivity contribution in [2.45, 2.75) is 32.4 Å². The maximum atomic E-state index is 5.13. The number of fused-ring (bicyclic) bond motifs is 1. The minimum Gasteiger partial charge on any atom is -0.383 e. The fourth-order valence-electron chi connectivity index (χ4n) is 2.55. The van der Waals surface area contributed by atoms with Gasteiger partial charge >= 0.3 is 0 Å². The standard InChI is InChI=1S/C15H24N2O/c1-12(11-18-3)16-10-13-6-7-15-14(9-13)5-4-8-17(15)2/h6-7,9,12,16H,4-5,8,10-11H2,1-3H3. The van der Waals surface area contributed by atoms with Gasteiger partial charge in [0.1, 0.15) is 0 Å². The molecule has 1 heterocycles. The molecule has 1 aliphatic rings. The first kappa shape index (κ1) is 13.4. The van der Waals surface area contributed by atoms with Gasteiger partial charge in [0.15, 0.2) is 0 Å². The lowest BCUT2D eigenvalue weighted by molar-refractivity contribution is 0.171. The van der Waals surface area contributed by atoms with Crippen LogP contribution in [0.15, 0.2) is 18.2 Å².